The highest BCUT2D eigenvalue weighted by Crippen LogP contribution is 2.39. The van der Waals surface area contributed by atoms with Crippen molar-refractivity contribution < 1.29 is 23.9 Å². The molecule has 8 heteroatoms. The second-order valence-electron chi connectivity index (χ2n) is 12.5. The summed E-state index contributed by atoms with van der Waals surface area (Å²) >= 11 is 0. The van der Waals surface area contributed by atoms with Gasteiger partial charge in [0.05, 0.1) is 11.6 Å². The SMILES string of the molecule is CC(C)(C)OC(=O)NC(Cc1ccc(OCc2ccc(C#N)cc2)cc1)C(=O)NOC(c1ccccc1)(c1ccccc1)c1ccccc1. The topological polar surface area (TPSA) is 110 Å². The third kappa shape index (κ3) is 9.13. The summed E-state index contributed by atoms with van der Waals surface area (Å²) in [6.45, 7) is 5.61. The predicted molar refractivity (Wildman–Crippen MR) is 187 cm³/mol. The van der Waals surface area contributed by atoms with E-state index in [9.17, 15) is 9.59 Å². The molecule has 248 valence electrons. The number of rotatable bonds is 12. The van der Waals surface area contributed by atoms with E-state index in [1.165, 1.54) is 0 Å². The lowest BCUT2D eigenvalue weighted by atomic mass is 9.80. The number of amides is 2. The van der Waals surface area contributed by atoms with Crippen LogP contribution >= 0.6 is 0 Å². The summed E-state index contributed by atoms with van der Waals surface area (Å²) in [5, 5.41) is 11.8. The van der Waals surface area contributed by atoms with Gasteiger partial charge >= 0.3 is 6.09 Å². The number of alkyl carbamates (subject to hydrolysis) is 1. The van der Waals surface area contributed by atoms with Crippen molar-refractivity contribution in [2.75, 3.05) is 0 Å². The monoisotopic (exact) mass is 653 g/mol. The number of benzene rings is 5. The second kappa shape index (κ2) is 15.8. The minimum Gasteiger partial charge on any atom is -0.489 e. The molecule has 0 fully saturated rings. The maximum Gasteiger partial charge on any atom is 0.408 e. The highest BCUT2D eigenvalue weighted by atomic mass is 16.7. The zero-order valence-corrected chi connectivity index (χ0v) is 27.8. The molecule has 0 saturated heterocycles. The summed E-state index contributed by atoms with van der Waals surface area (Å²) in [5.41, 5.74) is 5.46. The fourth-order valence-corrected chi connectivity index (χ4v) is 5.35. The van der Waals surface area contributed by atoms with E-state index in [4.69, 9.17) is 19.6 Å². The van der Waals surface area contributed by atoms with Crippen molar-refractivity contribution >= 4 is 12.0 Å². The molecule has 2 N–H and O–H groups in total. The Balaban J connectivity index is 1.38. The summed E-state index contributed by atoms with van der Waals surface area (Å²) in [5.74, 6) is 0.0788. The number of hydrogen-bond donors (Lipinski definition) is 2. The Bertz CT molecular complexity index is 1750. The van der Waals surface area contributed by atoms with Gasteiger partial charge in [-0.25, -0.2) is 10.3 Å². The first-order valence-corrected chi connectivity index (χ1v) is 16.0. The van der Waals surface area contributed by atoms with Crippen LogP contribution in [0.3, 0.4) is 0 Å². The van der Waals surface area contributed by atoms with Crippen molar-refractivity contribution in [3.63, 3.8) is 0 Å². The Morgan fingerprint density at radius 2 is 1.18 bits per heavy atom. The third-order valence-corrected chi connectivity index (χ3v) is 7.70. The second-order valence-corrected chi connectivity index (χ2v) is 12.5. The molecule has 0 bridgehead atoms. The van der Waals surface area contributed by atoms with Gasteiger partial charge in [-0.2, -0.15) is 5.26 Å². The molecule has 0 saturated carbocycles. The highest BCUT2D eigenvalue weighted by molar-refractivity contribution is 5.85. The molecule has 0 aliphatic heterocycles. The number of carbonyl (C=O) groups is 2. The zero-order chi connectivity index (χ0) is 34.7. The number of nitrogens with one attached hydrogen (secondary N) is 2. The number of hydroxylamine groups is 1. The van der Waals surface area contributed by atoms with Gasteiger partial charge in [0.25, 0.3) is 5.91 Å². The van der Waals surface area contributed by atoms with Crippen LogP contribution in [0.2, 0.25) is 0 Å². The number of hydrogen-bond acceptors (Lipinski definition) is 6. The molecular weight excluding hydrogens is 614 g/mol. The highest BCUT2D eigenvalue weighted by Gasteiger charge is 2.40. The molecule has 0 spiro atoms. The summed E-state index contributed by atoms with van der Waals surface area (Å²) in [7, 11) is 0. The Morgan fingerprint density at radius 1 is 0.694 bits per heavy atom. The van der Waals surface area contributed by atoms with Gasteiger partial charge in [-0.15, -0.1) is 0 Å². The van der Waals surface area contributed by atoms with E-state index in [2.05, 4.69) is 16.9 Å². The van der Waals surface area contributed by atoms with E-state index < -0.39 is 29.2 Å². The Kier molecular flexibility index (Phi) is 11.1. The Labute approximate surface area is 287 Å². The summed E-state index contributed by atoms with van der Waals surface area (Å²) < 4.78 is 11.4. The number of nitrogens with zero attached hydrogens (tertiary/aromatic N) is 1. The predicted octanol–water partition coefficient (Wildman–Crippen LogP) is 7.61. The Hall–Kier alpha value is -5.91. The van der Waals surface area contributed by atoms with Crippen LogP contribution in [0.15, 0.2) is 140 Å². The van der Waals surface area contributed by atoms with Gasteiger partial charge < -0.3 is 14.8 Å². The van der Waals surface area contributed by atoms with Crippen LogP contribution in [0.4, 0.5) is 4.79 Å². The van der Waals surface area contributed by atoms with Gasteiger partial charge in [0, 0.05) is 6.42 Å². The van der Waals surface area contributed by atoms with Crippen molar-refractivity contribution in [3.8, 4) is 11.8 Å². The molecule has 1 unspecified atom stereocenters. The molecule has 2 amide bonds. The number of ether oxygens (including phenoxy) is 2. The van der Waals surface area contributed by atoms with Crippen molar-refractivity contribution in [1.29, 1.82) is 5.26 Å². The van der Waals surface area contributed by atoms with Crippen molar-refractivity contribution in [3.05, 3.63) is 173 Å². The van der Waals surface area contributed by atoms with Crippen LogP contribution in [0.5, 0.6) is 5.75 Å². The van der Waals surface area contributed by atoms with Crippen LogP contribution < -0.4 is 15.5 Å². The van der Waals surface area contributed by atoms with Crippen molar-refractivity contribution in [2.45, 2.75) is 51.0 Å². The number of carbonyl (C=O) groups excluding carboxylic acids is 2. The lowest BCUT2D eigenvalue weighted by Gasteiger charge is -2.35. The van der Waals surface area contributed by atoms with Gasteiger partial charge in [-0.05, 0) is 72.9 Å². The maximum absolute atomic E-state index is 14.0. The van der Waals surface area contributed by atoms with Gasteiger partial charge in [0.1, 0.15) is 24.0 Å². The smallest absolute Gasteiger partial charge is 0.408 e. The average Bonchev–Trinajstić information content (AvgIpc) is 3.12. The van der Waals surface area contributed by atoms with Gasteiger partial charge in [0.15, 0.2) is 5.60 Å². The van der Waals surface area contributed by atoms with Gasteiger partial charge in [-0.3, -0.25) is 9.63 Å². The van der Waals surface area contributed by atoms with Crippen molar-refractivity contribution in [2.24, 2.45) is 0 Å². The summed E-state index contributed by atoms with van der Waals surface area (Å²) in [6, 6.07) is 44.6. The minimum atomic E-state index is -1.20. The van der Waals surface area contributed by atoms with E-state index in [-0.39, 0.29) is 6.42 Å². The van der Waals surface area contributed by atoms with E-state index in [0.29, 0.717) is 17.9 Å². The summed E-state index contributed by atoms with van der Waals surface area (Å²) in [4.78, 5) is 33.5. The molecule has 1 atom stereocenters. The largest absolute Gasteiger partial charge is 0.489 e. The molecule has 0 aromatic heterocycles. The quantitative estimate of drug-likeness (QED) is 0.106. The van der Waals surface area contributed by atoms with Crippen LogP contribution in [0.1, 0.15) is 54.2 Å². The van der Waals surface area contributed by atoms with E-state index in [1.54, 1.807) is 32.9 Å². The zero-order valence-electron chi connectivity index (χ0n) is 27.8. The molecule has 5 rings (SSSR count). The first kappa shape index (κ1) is 34.4. The molecule has 0 heterocycles. The normalized spacial score (nSPS) is 11.9. The average molecular weight is 654 g/mol. The van der Waals surface area contributed by atoms with E-state index in [1.807, 2.05) is 127 Å². The van der Waals surface area contributed by atoms with Crippen LogP contribution in [0, 0.1) is 11.3 Å². The first-order chi connectivity index (χ1) is 23.7. The standard InChI is InChI=1S/C41H39N3O5/c1-40(2,3)48-39(46)43-37(27-30-23-25-36(26-24-30)47-29-32-21-19-31(28-42)20-22-32)38(45)44-49-41(33-13-7-4-8-14-33,34-15-9-5-10-16-34)35-17-11-6-12-18-35/h4-26,37H,27,29H2,1-3H3,(H,43,46)(H,44,45). The first-order valence-electron chi connectivity index (χ1n) is 16.0. The van der Waals surface area contributed by atoms with E-state index >= 15 is 0 Å². The molecule has 5 aromatic rings. The molecule has 49 heavy (non-hydrogen) atoms. The molecule has 0 radical (unpaired) electrons. The molecule has 0 aliphatic rings. The van der Waals surface area contributed by atoms with Crippen LogP contribution in [0.25, 0.3) is 0 Å². The van der Waals surface area contributed by atoms with E-state index in [0.717, 1.165) is 27.8 Å². The fraction of sp³-hybridized carbons (Fsp3) is 0.195. The van der Waals surface area contributed by atoms with Crippen molar-refractivity contribution in [1.82, 2.24) is 10.8 Å². The minimum absolute atomic E-state index is 0.152. The summed E-state index contributed by atoms with van der Waals surface area (Å²) in [6.07, 6.45) is -0.574. The molecule has 0 aliphatic carbocycles. The Morgan fingerprint density at radius 3 is 1.65 bits per heavy atom. The van der Waals surface area contributed by atoms with Gasteiger partial charge in [-0.1, -0.05) is 115 Å². The number of nitriles is 1. The lowest BCUT2D eigenvalue weighted by molar-refractivity contribution is -0.145. The van der Waals surface area contributed by atoms with Crippen LogP contribution in [-0.4, -0.2) is 23.6 Å². The lowest BCUT2D eigenvalue weighted by Crippen LogP contribution is -2.51. The maximum atomic E-state index is 14.0. The fourth-order valence-electron chi connectivity index (χ4n) is 5.35. The van der Waals surface area contributed by atoms with Gasteiger partial charge in [0.2, 0.25) is 0 Å². The third-order valence-electron chi connectivity index (χ3n) is 7.70. The molecular formula is C41H39N3O5. The molecule has 5 aromatic carbocycles. The van der Waals surface area contributed by atoms with Crippen LogP contribution in [-0.2, 0) is 33.0 Å². The molecule has 8 nitrogen and oxygen atoms in total.